The van der Waals surface area contributed by atoms with Crippen LogP contribution in [0.2, 0.25) is 5.02 Å². The normalized spacial score (nSPS) is 20.2. The Morgan fingerprint density at radius 1 is 1.40 bits per heavy atom. The van der Waals surface area contributed by atoms with E-state index in [0.29, 0.717) is 34.2 Å². The second-order valence-corrected chi connectivity index (χ2v) is 6.55. The second kappa shape index (κ2) is 8.49. The summed E-state index contributed by atoms with van der Waals surface area (Å²) in [6, 6.07) is 5.64. The largest absolute Gasteiger partial charge is 0.462 e. The van der Waals surface area contributed by atoms with Gasteiger partial charge in [0.25, 0.3) is 6.04 Å². The summed E-state index contributed by atoms with van der Waals surface area (Å²) >= 11 is 10.3. The molecule has 1 aliphatic rings. The molecule has 2 atom stereocenters. The van der Waals surface area contributed by atoms with Gasteiger partial charge in [-0.2, -0.15) is 12.6 Å². The number of rotatable bonds is 6. The lowest BCUT2D eigenvalue weighted by molar-refractivity contribution is -0.505. The van der Waals surface area contributed by atoms with Crippen molar-refractivity contribution in [3.8, 4) is 0 Å². The maximum absolute atomic E-state index is 12.6. The molecule has 0 N–H and O–H groups in total. The number of aliphatic imine (C=N–C) groups is 1. The van der Waals surface area contributed by atoms with Gasteiger partial charge in [0, 0.05) is 15.6 Å². The standard InChI is InChI=1S/C17H19ClN2O4S/c1-10-14(17(21)24-8-5-9-25)15(12-6-3-4-7-13(12)18)16(20(22)23)11(2)19-10/h3-4,6-7,15-16,25H,5,8-9H2,1-2H3. The van der Waals surface area contributed by atoms with Gasteiger partial charge in [-0.05, 0) is 37.7 Å². The van der Waals surface area contributed by atoms with Crippen molar-refractivity contribution in [2.45, 2.75) is 32.2 Å². The molecule has 0 saturated carbocycles. The molecule has 2 unspecified atom stereocenters. The van der Waals surface area contributed by atoms with Gasteiger partial charge >= 0.3 is 5.97 Å². The zero-order chi connectivity index (χ0) is 18.6. The van der Waals surface area contributed by atoms with Crippen LogP contribution in [-0.2, 0) is 9.53 Å². The van der Waals surface area contributed by atoms with Gasteiger partial charge in [-0.3, -0.25) is 15.1 Å². The van der Waals surface area contributed by atoms with Crippen LogP contribution in [0.5, 0.6) is 0 Å². The van der Waals surface area contributed by atoms with E-state index in [2.05, 4.69) is 17.6 Å². The number of hydrogen-bond donors (Lipinski definition) is 1. The molecule has 1 heterocycles. The van der Waals surface area contributed by atoms with Crippen molar-refractivity contribution in [2.24, 2.45) is 4.99 Å². The molecule has 0 aromatic heterocycles. The van der Waals surface area contributed by atoms with Gasteiger partial charge in [0.2, 0.25) is 0 Å². The third-order valence-corrected chi connectivity index (χ3v) is 4.67. The first-order valence-electron chi connectivity index (χ1n) is 7.80. The third-order valence-electron chi connectivity index (χ3n) is 4.01. The summed E-state index contributed by atoms with van der Waals surface area (Å²) in [5, 5.41) is 12.1. The highest BCUT2D eigenvalue weighted by atomic mass is 35.5. The van der Waals surface area contributed by atoms with E-state index in [1.807, 2.05) is 0 Å². The van der Waals surface area contributed by atoms with Gasteiger partial charge in [-0.25, -0.2) is 4.79 Å². The third kappa shape index (κ3) is 4.22. The molecule has 0 spiro atoms. The summed E-state index contributed by atoms with van der Waals surface area (Å²) in [5.74, 6) is -0.870. The molecule has 0 bridgehead atoms. The molecule has 1 aliphatic heterocycles. The van der Waals surface area contributed by atoms with Crippen molar-refractivity contribution in [2.75, 3.05) is 12.4 Å². The number of carbonyl (C=O) groups excluding carboxylic acids is 1. The van der Waals surface area contributed by atoms with Crippen LogP contribution >= 0.6 is 24.2 Å². The Hall–Kier alpha value is -1.86. The summed E-state index contributed by atoms with van der Waals surface area (Å²) in [6.07, 6.45) is 0.596. The van der Waals surface area contributed by atoms with Crippen molar-refractivity contribution in [1.29, 1.82) is 0 Å². The van der Waals surface area contributed by atoms with Crippen LogP contribution in [0.3, 0.4) is 0 Å². The number of nitro groups is 1. The Bertz CT molecular complexity index is 748. The van der Waals surface area contributed by atoms with Gasteiger partial charge in [-0.15, -0.1) is 0 Å². The number of thiol groups is 1. The molecule has 6 nitrogen and oxygen atoms in total. The molecule has 2 rings (SSSR count). The quantitative estimate of drug-likeness (QED) is 0.267. The minimum Gasteiger partial charge on any atom is -0.462 e. The number of halogens is 1. The molecule has 25 heavy (non-hydrogen) atoms. The highest BCUT2D eigenvalue weighted by molar-refractivity contribution is 7.80. The number of ether oxygens (including phenoxy) is 1. The smallest absolute Gasteiger partial charge is 0.336 e. The first kappa shape index (κ1) is 19.5. The van der Waals surface area contributed by atoms with Crippen molar-refractivity contribution < 1.29 is 14.5 Å². The lowest BCUT2D eigenvalue weighted by Crippen LogP contribution is -2.40. The fourth-order valence-corrected chi connectivity index (χ4v) is 3.31. The van der Waals surface area contributed by atoms with E-state index >= 15 is 0 Å². The number of allylic oxidation sites excluding steroid dienone is 1. The zero-order valence-corrected chi connectivity index (χ0v) is 15.6. The number of benzene rings is 1. The van der Waals surface area contributed by atoms with E-state index in [-0.39, 0.29) is 12.2 Å². The van der Waals surface area contributed by atoms with E-state index in [9.17, 15) is 14.9 Å². The second-order valence-electron chi connectivity index (χ2n) is 5.69. The molecule has 0 radical (unpaired) electrons. The molecule has 1 aromatic rings. The molecule has 134 valence electrons. The first-order chi connectivity index (χ1) is 11.9. The van der Waals surface area contributed by atoms with Crippen molar-refractivity contribution in [3.05, 3.63) is 56.2 Å². The zero-order valence-electron chi connectivity index (χ0n) is 13.9. The summed E-state index contributed by atoms with van der Waals surface area (Å²) in [4.78, 5) is 28.1. The summed E-state index contributed by atoms with van der Waals surface area (Å²) in [7, 11) is 0. The minimum absolute atomic E-state index is 0.180. The number of carbonyl (C=O) groups is 1. The predicted molar refractivity (Wildman–Crippen MR) is 100 cm³/mol. The SMILES string of the molecule is CC1=NC(C)=C(C(=O)OCCCS)C(c2ccccc2Cl)C1[N+](=O)[O-]. The number of hydrogen-bond acceptors (Lipinski definition) is 6. The number of nitrogens with zero attached hydrogens (tertiary/aromatic N) is 2. The van der Waals surface area contributed by atoms with Crippen LogP contribution in [0.4, 0.5) is 0 Å². The van der Waals surface area contributed by atoms with Gasteiger partial charge < -0.3 is 4.74 Å². The van der Waals surface area contributed by atoms with Crippen LogP contribution in [0, 0.1) is 10.1 Å². The molecular weight excluding hydrogens is 364 g/mol. The summed E-state index contributed by atoms with van der Waals surface area (Å²) < 4.78 is 5.27. The van der Waals surface area contributed by atoms with E-state index in [4.69, 9.17) is 16.3 Å². The molecule has 0 amide bonds. The molecule has 8 heteroatoms. The monoisotopic (exact) mass is 382 g/mol. The summed E-state index contributed by atoms with van der Waals surface area (Å²) in [6.45, 7) is 3.43. The molecule has 0 aliphatic carbocycles. The predicted octanol–water partition coefficient (Wildman–Crippen LogP) is 3.68. The highest BCUT2D eigenvalue weighted by Gasteiger charge is 2.45. The van der Waals surface area contributed by atoms with Gasteiger partial charge in [-0.1, -0.05) is 29.8 Å². The minimum atomic E-state index is -1.17. The van der Waals surface area contributed by atoms with Gasteiger partial charge in [0.15, 0.2) is 0 Å². The molecule has 1 aromatic carbocycles. The Morgan fingerprint density at radius 2 is 2.08 bits per heavy atom. The van der Waals surface area contributed by atoms with E-state index < -0.39 is 22.9 Å². The highest BCUT2D eigenvalue weighted by Crippen LogP contribution is 2.39. The fraction of sp³-hybridized carbons (Fsp3) is 0.412. The van der Waals surface area contributed by atoms with Crippen molar-refractivity contribution in [3.63, 3.8) is 0 Å². The van der Waals surface area contributed by atoms with Crippen LogP contribution in [0.25, 0.3) is 0 Å². The van der Waals surface area contributed by atoms with E-state index in [1.54, 1.807) is 38.1 Å². The molecule has 0 saturated heterocycles. The fourth-order valence-electron chi connectivity index (χ4n) is 2.92. The Kier molecular flexibility index (Phi) is 6.61. The van der Waals surface area contributed by atoms with Gasteiger partial charge in [0.05, 0.1) is 23.8 Å². The molecule has 0 fully saturated rings. The van der Waals surface area contributed by atoms with Crippen LogP contribution in [-0.4, -0.2) is 35.0 Å². The Balaban J connectivity index is 2.54. The summed E-state index contributed by atoms with van der Waals surface area (Å²) in [5.41, 5.74) is 1.44. The maximum atomic E-state index is 12.6. The maximum Gasteiger partial charge on any atom is 0.336 e. The molecular formula is C17H19ClN2O4S. The average molecular weight is 383 g/mol. The van der Waals surface area contributed by atoms with Crippen LogP contribution in [0.15, 0.2) is 40.5 Å². The van der Waals surface area contributed by atoms with E-state index in [0.717, 1.165) is 0 Å². The lowest BCUT2D eigenvalue weighted by atomic mass is 9.80. The lowest BCUT2D eigenvalue weighted by Gasteiger charge is -2.28. The topological polar surface area (TPSA) is 81.8 Å². The van der Waals surface area contributed by atoms with E-state index in [1.165, 1.54) is 0 Å². The first-order valence-corrected chi connectivity index (χ1v) is 8.81. The van der Waals surface area contributed by atoms with Crippen LogP contribution in [0.1, 0.15) is 31.7 Å². The Labute approximate surface area is 156 Å². The van der Waals surface area contributed by atoms with Crippen molar-refractivity contribution in [1.82, 2.24) is 0 Å². The van der Waals surface area contributed by atoms with Gasteiger partial charge in [0.1, 0.15) is 0 Å². The average Bonchev–Trinajstić information content (AvgIpc) is 2.54. The number of esters is 1. The Morgan fingerprint density at radius 3 is 2.68 bits per heavy atom. The van der Waals surface area contributed by atoms with Crippen molar-refractivity contribution >= 4 is 35.9 Å². The van der Waals surface area contributed by atoms with Crippen LogP contribution < -0.4 is 0 Å².